The fraction of sp³-hybridized carbons (Fsp3) is 0. The molecule has 0 atom stereocenters. The van der Waals surface area contributed by atoms with Crippen LogP contribution in [0, 0.1) is 5.82 Å². The van der Waals surface area contributed by atoms with Crippen molar-refractivity contribution in [3.63, 3.8) is 0 Å². The molecular weight excluding hydrogens is 283 g/mol. The van der Waals surface area contributed by atoms with Gasteiger partial charge < -0.3 is 9.52 Å². The van der Waals surface area contributed by atoms with E-state index < -0.39 is 11.2 Å². The van der Waals surface area contributed by atoms with Crippen LogP contribution in [0.1, 0.15) is 0 Å². The molecular formula is C15H8ClFO3. The van der Waals surface area contributed by atoms with Crippen LogP contribution in [0.4, 0.5) is 4.39 Å². The van der Waals surface area contributed by atoms with Gasteiger partial charge in [0, 0.05) is 6.07 Å². The molecule has 3 rings (SSSR count). The molecule has 0 fully saturated rings. The monoisotopic (exact) mass is 290 g/mol. The summed E-state index contributed by atoms with van der Waals surface area (Å²) in [6, 6.07) is 9.89. The Morgan fingerprint density at radius 1 is 1.15 bits per heavy atom. The molecule has 3 nitrogen and oxygen atoms in total. The lowest BCUT2D eigenvalue weighted by atomic mass is 10.1. The lowest BCUT2D eigenvalue weighted by Gasteiger charge is -2.06. The third-order valence-electron chi connectivity index (χ3n) is 2.95. The largest absolute Gasteiger partial charge is 0.506 e. The molecule has 0 spiro atoms. The lowest BCUT2D eigenvalue weighted by Crippen LogP contribution is -2.01. The zero-order valence-corrected chi connectivity index (χ0v) is 10.8. The van der Waals surface area contributed by atoms with Gasteiger partial charge in [0.15, 0.2) is 5.43 Å². The Balaban J connectivity index is 2.35. The molecule has 1 heterocycles. The number of rotatable bonds is 1. The molecule has 0 aliphatic rings. The van der Waals surface area contributed by atoms with E-state index >= 15 is 0 Å². The minimum absolute atomic E-state index is 0.0728. The smallest absolute Gasteiger partial charge is 0.194 e. The van der Waals surface area contributed by atoms with Crippen LogP contribution in [0.5, 0.6) is 5.75 Å². The average molecular weight is 291 g/mol. The quantitative estimate of drug-likeness (QED) is 0.738. The SMILES string of the molecule is O=c1cc(-c2ccccc2F)oc2ccc(O)c(Cl)c12. The van der Waals surface area contributed by atoms with E-state index in [-0.39, 0.29) is 33.1 Å². The van der Waals surface area contributed by atoms with Crippen molar-refractivity contribution in [1.82, 2.24) is 0 Å². The van der Waals surface area contributed by atoms with Gasteiger partial charge in [0.05, 0.1) is 16.0 Å². The molecule has 0 saturated carbocycles. The highest BCUT2D eigenvalue weighted by molar-refractivity contribution is 6.36. The van der Waals surface area contributed by atoms with Crippen molar-refractivity contribution in [2.75, 3.05) is 0 Å². The van der Waals surface area contributed by atoms with Crippen molar-refractivity contribution >= 4 is 22.6 Å². The number of benzene rings is 2. The van der Waals surface area contributed by atoms with Crippen molar-refractivity contribution in [3.05, 3.63) is 63.5 Å². The van der Waals surface area contributed by atoms with Crippen molar-refractivity contribution in [1.29, 1.82) is 0 Å². The third kappa shape index (κ3) is 1.94. The van der Waals surface area contributed by atoms with E-state index in [0.29, 0.717) is 0 Å². The van der Waals surface area contributed by atoms with E-state index in [9.17, 15) is 14.3 Å². The number of aromatic hydroxyl groups is 1. The minimum atomic E-state index is -0.486. The maximum atomic E-state index is 13.7. The van der Waals surface area contributed by atoms with Gasteiger partial charge in [-0.3, -0.25) is 4.79 Å². The van der Waals surface area contributed by atoms with Gasteiger partial charge in [-0.25, -0.2) is 4.39 Å². The highest BCUT2D eigenvalue weighted by atomic mass is 35.5. The molecule has 0 unspecified atom stereocenters. The molecule has 20 heavy (non-hydrogen) atoms. The molecule has 0 amide bonds. The third-order valence-corrected chi connectivity index (χ3v) is 3.33. The minimum Gasteiger partial charge on any atom is -0.506 e. The molecule has 0 aliphatic carbocycles. The second kappa shape index (κ2) is 4.65. The molecule has 5 heteroatoms. The molecule has 0 aliphatic heterocycles. The standard InChI is InChI=1S/C15H8ClFO3/c16-15-10(18)5-6-12-14(15)11(19)7-13(20-12)8-3-1-2-4-9(8)17/h1-7,18H. The first-order valence-electron chi connectivity index (χ1n) is 5.78. The molecule has 100 valence electrons. The van der Waals surface area contributed by atoms with Crippen molar-refractivity contribution < 1.29 is 13.9 Å². The Labute approximate surface area is 117 Å². The van der Waals surface area contributed by atoms with Gasteiger partial charge in [-0.1, -0.05) is 23.7 Å². The fourth-order valence-corrected chi connectivity index (χ4v) is 2.24. The normalized spacial score (nSPS) is 10.9. The van der Waals surface area contributed by atoms with Gasteiger partial charge in [-0.2, -0.15) is 0 Å². The van der Waals surface area contributed by atoms with E-state index in [0.717, 1.165) is 6.07 Å². The molecule has 2 aromatic carbocycles. The molecule has 1 N–H and O–H groups in total. The molecule has 1 aromatic heterocycles. The highest BCUT2D eigenvalue weighted by Gasteiger charge is 2.14. The number of hydrogen-bond donors (Lipinski definition) is 1. The Bertz CT molecular complexity index is 871. The van der Waals surface area contributed by atoms with E-state index in [1.165, 1.54) is 24.3 Å². The van der Waals surface area contributed by atoms with E-state index in [1.54, 1.807) is 12.1 Å². The summed E-state index contributed by atoms with van der Waals surface area (Å²) in [4.78, 5) is 12.1. The van der Waals surface area contributed by atoms with Crippen molar-refractivity contribution in [3.8, 4) is 17.1 Å². The van der Waals surface area contributed by atoms with Crippen LogP contribution in [0.3, 0.4) is 0 Å². The average Bonchev–Trinajstić information content (AvgIpc) is 2.43. The summed E-state index contributed by atoms with van der Waals surface area (Å²) in [5.41, 5.74) is -0.0559. The van der Waals surface area contributed by atoms with Crippen LogP contribution < -0.4 is 5.43 Å². The summed E-state index contributed by atoms with van der Waals surface area (Å²) in [6.07, 6.45) is 0. The van der Waals surface area contributed by atoms with E-state index in [1.807, 2.05) is 0 Å². The predicted molar refractivity (Wildman–Crippen MR) is 74.6 cm³/mol. The Morgan fingerprint density at radius 2 is 1.90 bits per heavy atom. The Kier molecular flexibility index (Phi) is 2.95. The number of fused-ring (bicyclic) bond motifs is 1. The first-order chi connectivity index (χ1) is 9.58. The maximum Gasteiger partial charge on any atom is 0.194 e. The van der Waals surface area contributed by atoms with Gasteiger partial charge >= 0.3 is 0 Å². The van der Waals surface area contributed by atoms with Gasteiger partial charge in [-0.15, -0.1) is 0 Å². The number of phenols is 1. The van der Waals surface area contributed by atoms with Crippen LogP contribution in [0.25, 0.3) is 22.3 Å². The van der Waals surface area contributed by atoms with Gasteiger partial charge in [0.2, 0.25) is 0 Å². The zero-order chi connectivity index (χ0) is 14.3. The Hall–Kier alpha value is -2.33. The Morgan fingerprint density at radius 3 is 2.65 bits per heavy atom. The first-order valence-corrected chi connectivity index (χ1v) is 6.16. The van der Waals surface area contributed by atoms with Crippen LogP contribution in [-0.2, 0) is 0 Å². The van der Waals surface area contributed by atoms with Gasteiger partial charge in [0.1, 0.15) is 22.9 Å². The molecule has 0 radical (unpaired) electrons. The summed E-state index contributed by atoms with van der Waals surface area (Å²) in [6.45, 7) is 0. The van der Waals surface area contributed by atoms with E-state index in [4.69, 9.17) is 16.0 Å². The second-order valence-corrected chi connectivity index (χ2v) is 4.60. The molecule has 3 aromatic rings. The summed E-state index contributed by atoms with van der Waals surface area (Å²) >= 11 is 5.88. The zero-order valence-electron chi connectivity index (χ0n) is 10.1. The van der Waals surface area contributed by atoms with Crippen LogP contribution in [-0.4, -0.2) is 5.11 Å². The van der Waals surface area contributed by atoms with Gasteiger partial charge in [-0.05, 0) is 24.3 Å². The number of hydrogen-bond acceptors (Lipinski definition) is 3. The van der Waals surface area contributed by atoms with E-state index in [2.05, 4.69) is 0 Å². The summed E-state index contributed by atoms with van der Waals surface area (Å²) < 4.78 is 19.2. The molecule has 0 bridgehead atoms. The van der Waals surface area contributed by atoms with Crippen molar-refractivity contribution in [2.24, 2.45) is 0 Å². The van der Waals surface area contributed by atoms with Crippen molar-refractivity contribution in [2.45, 2.75) is 0 Å². The highest BCUT2D eigenvalue weighted by Crippen LogP contribution is 2.32. The van der Waals surface area contributed by atoms with Crippen LogP contribution in [0.2, 0.25) is 5.02 Å². The maximum absolute atomic E-state index is 13.7. The summed E-state index contributed by atoms with van der Waals surface area (Å²) in [7, 11) is 0. The summed E-state index contributed by atoms with van der Waals surface area (Å²) in [5.74, 6) is -0.577. The van der Waals surface area contributed by atoms with Crippen LogP contribution >= 0.6 is 11.6 Å². The lowest BCUT2D eigenvalue weighted by molar-refractivity contribution is 0.475. The fourth-order valence-electron chi connectivity index (χ4n) is 1.99. The summed E-state index contributed by atoms with van der Waals surface area (Å²) in [5, 5.41) is 9.50. The topological polar surface area (TPSA) is 50.4 Å². The predicted octanol–water partition coefficient (Wildman–Crippen LogP) is 3.96. The number of halogens is 2. The number of phenolic OH excluding ortho intramolecular Hbond substituents is 1. The van der Waals surface area contributed by atoms with Gasteiger partial charge in [0.25, 0.3) is 0 Å². The molecule has 0 saturated heterocycles. The second-order valence-electron chi connectivity index (χ2n) is 4.23. The van der Waals surface area contributed by atoms with Crippen LogP contribution in [0.15, 0.2) is 51.7 Å². The first kappa shape index (κ1) is 12.7.